The van der Waals surface area contributed by atoms with E-state index in [0.29, 0.717) is 10.8 Å². The van der Waals surface area contributed by atoms with E-state index in [-0.39, 0.29) is 10.7 Å². The third-order valence-electron chi connectivity index (χ3n) is 2.29. The van der Waals surface area contributed by atoms with E-state index in [9.17, 15) is 14.5 Å². The van der Waals surface area contributed by atoms with E-state index >= 15 is 0 Å². The molecule has 104 valence electrons. The fourth-order valence-corrected chi connectivity index (χ4v) is 1.69. The van der Waals surface area contributed by atoms with Gasteiger partial charge in [0.1, 0.15) is 16.7 Å². The van der Waals surface area contributed by atoms with Gasteiger partial charge in [0.15, 0.2) is 0 Å². The Hall–Kier alpha value is -2.12. The number of nitro benzene ring substituents is 1. The molecule has 0 radical (unpaired) electrons. The number of rotatable bonds is 4. The number of hydrogen-bond acceptors (Lipinski definition) is 5. The third kappa shape index (κ3) is 3.25. The number of benzene rings is 1. The molecule has 0 atom stereocenters. The summed E-state index contributed by atoms with van der Waals surface area (Å²) in [6.45, 7) is 0. The van der Waals surface area contributed by atoms with Crippen molar-refractivity contribution in [1.82, 2.24) is 4.98 Å². The van der Waals surface area contributed by atoms with E-state index in [1.54, 1.807) is 12.1 Å². The van der Waals surface area contributed by atoms with E-state index in [0.717, 1.165) is 12.1 Å². The van der Waals surface area contributed by atoms with Crippen molar-refractivity contribution in [3.63, 3.8) is 0 Å². The Labute approximate surface area is 122 Å². The molecule has 0 aliphatic rings. The topological polar surface area (TPSA) is 80.1 Å². The van der Waals surface area contributed by atoms with Crippen LogP contribution in [0.1, 0.15) is 0 Å². The zero-order valence-corrected chi connectivity index (χ0v) is 11.2. The molecule has 0 saturated heterocycles. The highest BCUT2D eigenvalue weighted by molar-refractivity contribution is 6.32. The first-order valence-electron chi connectivity index (χ1n) is 5.24. The Morgan fingerprint density at radius 3 is 2.60 bits per heavy atom. The fraction of sp³-hybridized carbons (Fsp3) is 0. The van der Waals surface area contributed by atoms with Crippen molar-refractivity contribution >= 4 is 40.4 Å². The van der Waals surface area contributed by atoms with E-state index in [1.165, 1.54) is 6.20 Å². The summed E-state index contributed by atoms with van der Waals surface area (Å²) in [5.41, 5.74) is 4.54. The number of aromatic nitrogens is 1. The summed E-state index contributed by atoms with van der Waals surface area (Å²) in [5, 5.41) is 10.9. The zero-order chi connectivity index (χ0) is 14.7. The Bertz CT molecular complexity index is 652. The molecule has 0 aliphatic heterocycles. The number of halogens is 3. The summed E-state index contributed by atoms with van der Waals surface area (Å²) in [7, 11) is 0. The lowest BCUT2D eigenvalue weighted by Crippen LogP contribution is -2.11. The van der Waals surface area contributed by atoms with Gasteiger partial charge in [-0.15, -0.1) is 0 Å². The van der Waals surface area contributed by atoms with Gasteiger partial charge < -0.3 is 0 Å². The molecule has 0 amide bonds. The van der Waals surface area contributed by atoms with E-state index in [2.05, 4.69) is 15.8 Å². The summed E-state index contributed by atoms with van der Waals surface area (Å²) < 4.78 is 13.6. The van der Waals surface area contributed by atoms with Gasteiger partial charge in [-0.1, -0.05) is 23.2 Å². The molecule has 20 heavy (non-hydrogen) atoms. The molecule has 0 saturated carbocycles. The molecular formula is C11H7Cl2FN4O2. The highest BCUT2D eigenvalue weighted by Crippen LogP contribution is 2.30. The van der Waals surface area contributed by atoms with Gasteiger partial charge in [0.05, 0.1) is 15.6 Å². The number of nitro groups is 1. The normalized spacial score (nSPS) is 10.2. The van der Waals surface area contributed by atoms with Crippen LogP contribution in [0.5, 0.6) is 0 Å². The van der Waals surface area contributed by atoms with Gasteiger partial charge in [0, 0.05) is 18.3 Å². The average molecular weight is 317 g/mol. The molecule has 0 aliphatic carbocycles. The minimum absolute atomic E-state index is 0.127. The van der Waals surface area contributed by atoms with Crippen LogP contribution >= 0.6 is 23.2 Å². The van der Waals surface area contributed by atoms with Crippen molar-refractivity contribution < 1.29 is 9.31 Å². The molecule has 0 bridgehead atoms. The standard InChI is InChI=1S/C11H7Cl2FN4O2/c12-6-1-2-11(15-5-6)17-16-9-4-10(18(19)20)7(13)3-8(9)14/h1-5,16H,(H,15,17). The first-order valence-corrected chi connectivity index (χ1v) is 6.00. The monoisotopic (exact) mass is 316 g/mol. The molecule has 1 aromatic carbocycles. The Kier molecular flexibility index (Phi) is 4.21. The summed E-state index contributed by atoms with van der Waals surface area (Å²) in [5.74, 6) is -0.367. The van der Waals surface area contributed by atoms with Gasteiger partial charge in [-0.3, -0.25) is 21.0 Å². The van der Waals surface area contributed by atoms with Crippen LogP contribution in [-0.4, -0.2) is 9.91 Å². The lowest BCUT2D eigenvalue weighted by atomic mass is 10.2. The lowest BCUT2D eigenvalue weighted by molar-refractivity contribution is -0.384. The molecule has 6 nitrogen and oxygen atoms in total. The molecule has 2 rings (SSSR count). The fourth-order valence-electron chi connectivity index (χ4n) is 1.35. The number of hydrazine groups is 1. The van der Waals surface area contributed by atoms with Crippen molar-refractivity contribution in [1.29, 1.82) is 0 Å². The second-order valence-electron chi connectivity index (χ2n) is 3.65. The predicted octanol–water partition coefficient (Wildman–Crippen LogP) is 3.87. The van der Waals surface area contributed by atoms with Crippen LogP contribution in [0.4, 0.5) is 21.6 Å². The maximum atomic E-state index is 13.6. The number of hydrogen-bond donors (Lipinski definition) is 2. The van der Waals surface area contributed by atoms with Crippen LogP contribution < -0.4 is 10.9 Å². The molecule has 1 heterocycles. The van der Waals surface area contributed by atoms with Gasteiger partial charge in [-0.2, -0.15) is 0 Å². The number of nitrogens with one attached hydrogen (secondary N) is 2. The van der Waals surface area contributed by atoms with Crippen LogP contribution in [0.3, 0.4) is 0 Å². The number of pyridine rings is 1. The smallest absolute Gasteiger partial charge is 0.290 e. The van der Waals surface area contributed by atoms with Crippen LogP contribution in [0, 0.1) is 15.9 Å². The summed E-state index contributed by atoms with van der Waals surface area (Å²) in [4.78, 5) is 13.9. The molecule has 0 spiro atoms. The minimum atomic E-state index is -0.734. The van der Waals surface area contributed by atoms with Crippen molar-refractivity contribution in [3.05, 3.63) is 56.4 Å². The Morgan fingerprint density at radius 1 is 1.25 bits per heavy atom. The second-order valence-corrected chi connectivity index (χ2v) is 4.50. The first-order chi connectivity index (χ1) is 9.47. The number of nitrogens with zero attached hydrogens (tertiary/aromatic N) is 2. The third-order valence-corrected chi connectivity index (χ3v) is 2.81. The average Bonchev–Trinajstić information content (AvgIpc) is 2.39. The van der Waals surface area contributed by atoms with E-state index < -0.39 is 16.4 Å². The molecule has 2 N–H and O–H groups in total. The Balaban J connectivity index is 2.18. The molecular weight excluding hydrogens is 310 g/mol. The van der Waals surface area contributed by atoms with Crippen molar-refractivity contribution in [2.75, 3.05) is 10.9 Å². The maximum absolute atomic E-state index is 13.6. The Morgan fingerprint density at radius 2 is 2.00 bits per heavy atom. The molecule has 0 fully saturated rings. The lowest BCUT2D eigenvalue weighted by Gasteiger charge is -2.10. The highest BCUT2D eigenvalue weighted by Gasteiger charge is 2.16. The molecule has 0 unspecified atom stereocenters. The maximum Gasteiger partial charge on any atom is 0.290 e. The van der Waals surface area contributed by atoms with Gasteiger partial charge in [0.25, 0.3) is 5.69 Å². The van der Waals surface area contributed by atoms with E-state index in [4.69, 9.17) is 23.2 Å². The summed E-state index contributed by atoms with van der Waals surface area (Å²) in [6, 6.07) is 4.98. The minimum Gasteiger partial charge on any atom is -0.296 e. The number of anilines is 2. The van der Waals surface area contributed by atoms with Gasteiger partial charge >= 0.3 is 0 Å². The largest absolute Gasteiger partial charge is 0.296 e. The molecule has 1 aromatic heterocycles. The van der Waals surface area contributed by atoms with Crippen LogP contribution in [-0.2, 0) is 0 Å². The van der Waals surface area contributed by atoms with Crippen molar-refractivity contribution in [2.45, 2.75) is 0 Å². The second kappa shape index (κ2) is 5.89. The van der Waals surface area contributed by atoms with Gasteiger partial charge in [-0.05, 0) is 12.1 Å². The van der Waals surface area contributed by atoms with Gasteiger partial charge in [0.2, 0.25) is 0 Å². The molecule has 2 aromatic rings. The predicted molar refractivity (Wildman–Crippen MR) is 74.6 cm³/mol. The van der Waals surface area contributed by atoms with Crippen molar-refractivity contribution in [3.8, 4) is 0 Å². The van der Waals surface area contributed by atoms with Crippen LogP contribution in [0.15, 0.2) is 30.5 Å². The van der Waals surface area contributed by atoms with E-state index in [1.807, 2.05) is 0 Å². The first kappa shape index (κ1) is 14.3. The highest BCUT2D eigenvalue weighted by atomic mass is 35.5. The van der Waals surface area contributed by atoms with Crippen LogP contribution in [0.2, 0.25) is 10.0 Å². The molecule has 9 heteroatoms. The zero-order valence-electron chi connectivity index (χ0n) is 9.73. The summed E-state index contributed by atoms with van der Waals surface area (Å²) in [6.07, 6.45) is 1.40. The van der Waals surface area contributed by atoms with Crippen LogP contribution in [0.25, 0.3) is 0 Å². The van der Waals surface area contributed by atoms with Gasteiger partial charge in [-0.25, -0.2) is 9.37 Å². The van der Waals surface area contributed by atoms with Crippen molar-refractivity contribution in [2.24, 2.45) is 0 Å². The quantitative estimate of drug-likeness (QED) is 0.661. The summed E-state index contributed by atoms with van der Waals surface area (Å²) >= 11 is 11.2. The SMILES string of the molecule is O=[N+]([O-])c1cc(NNc2ccc(Cl)cn2)c(F)cc1Cl.